The van der Waals surface area contributed by atoms with Crippen LogP contribution in [0.25, 0.3) is 0 Å². The highest BCUT2D eigenvalue weighted by atomic mass is 16.6. The smallest absolute Gasteiger partial charge is 0.271 e. The lowest BCUT2D eigenvalue weighted by Crippen LogP contribution is -2.15. The average molecular weight is 392 g/mol. The summed E-state index contributed by atoms with van der Waals surface area (Å²) in [7, 11) is 1.60. The van der Waals surface area contributed by atoms with Gasteiger partial charge in [-0.1, -0.05) is 48.0 Å². The predicted octanol–water partition coefficient (Wildman–Crippen LogP) is 5.19. The van der Waals surface area contributed by atoms with E-state index < -0.39 is 11.0 Å². The molecule has 29 heavy (non-hydrogen) atoms. The van der Waals surface area contributed by atoms with Gasteiger partial charge in [-0.05, 0) is 36.2 Å². The molecule has 150 valence electrons. The molecule has 0 aliphatic heterocycles. The van der Waals surface area contributed by atoms with Crippen LogP contribution < -0.4 is 10.1 Å². The van der Waals surface area contributed by atoms with Crippen LogP contribution in [0.4, 0.5) is 11.4 Å². The Kier molecular flexibility index (Phi) is 6.46. The molecule has 0 saturated heterocycles. The minimum Gasteiger partial charge on any atom is -0.497 e. The predicted molar refractivity (Wildman–Crippen MR) is 113 cm³/mol. The van der Waals surface area contributed by atoms with Gasteiger partial charge < -0.3 is 15.2 Å². The van der Waals surface area contributed by atoms with Crippen LogP contribution in [0.15, 0.2) is 72.8 Å². The normalized spacial score (nSPS) is 12.8. The first-order valence-electron chi connectivity index (χ1n) is 9.36. The van der Waals surface area contributed by atoms with Crippen LogP contribution in [0.1, 0.15) is 35.3 Å². The second kappa shape index (κ2) is 9.21. The summed E-state index contributed by atoms with van der Waals surface area (Å²) in [6.07, 6.45) is -0.309. The third-order valence-electron chi connectivity index (χ3n) is 4.84. The molecule has 0 aliphatic rings. The Morgan fingerprint density at radius 1 is 1.03 bits per heavy atom. The number of nitro benzene ring substituents is 1. The molecule has 0 amide bonds. The van der Waals surface area contributed by atoms with Gasteiger partial charge >= 0.3 is 0 Å². The molecule has 2 unspecified atom stereocenters. The quantitative estimate of drug-likeness (QED) is 0.407. The number of methoxy groups -OCH3 is 1. The van der Waals surface area contributed by atoms with Crippen molar-refractivity contribution in [2.45, 2.75) is 25.5 Å². The van der Waals surface area contributed by atoms with Crippen molar-refractivity contribution >= 4 is 11.4 Å². The molecule has 2 atom stereocenters. The van der Waals surface area contributed by atoms with Gasteiger partial charge in [0.15, 0.2) is 0 Å². The maximum Gasteiger partial charge on any atom is 0.271 e. The summed E-state index contributed by atoms with van der Waals surface area (Å²) in [5.41, 5.74) is 3.57. The topological polar surface area (TPSA) is 84.6 Å². The number of aryl methyl sites for hydroxylation is 1. The molecule has 2 N–H and O–H groups in total. The summed E-state index contributed by atoms with van der Waals surface area (Å²) in [6, 6.07) is 21.5. The summed E-state index contributed by atoms with van der Waals surface area (Å²) >= 11 is 0. The van der Waals surface area contributed by atoms with Crippen LogP contribution in [-0.2, 0) is 0 Å². The first-order chi connectivity index (χ1) is 14.0. The molecular formula is C23H24N2O4. The summed E-state index contributed by atoms with van der Waals surface area (Å²) in [4.78, 5) is 10.7. The summed E-state index contributed by atoms with van der Waals surface area (Å²) < 4.78 is 5.17. The number of non-ortho nitro benzene ring substituents is 1. The third-order valence-corrected chi connectivity index (χ3v) is 4.84. The van der Waals surface area contributed by atoms with E-state index in [-0.39, 0.29) is 11.7 Å². The maximum absolute atomic E-state index is 11.1. The fourth-order valence-electron chi connectivity index (χ4n) is 3.17. The maximum atomic E-state index is 11.1. The standard InChI is InChI=1S/C23H24N2O4/c1-16-6-8-17(9-7-16)22(24-19-4-3-5-20(14-19)25(27)28)15-23(26)18-10-12-21(29-2)13-11-18/h3-14,22-24,26H,15H2,1-2H3. The Labute approximate surface area is 169 Å². The van der Waals surface area contributed by atoms with E-state index in [1.807, 2.05) is 55.5 Å². The second-order valence-electron chi connectivity index (χ2n) is 6.94. The lowest BCUT2D eigenvalue weighted by atomic mass is 9.95. The minimum absolute atomic E-state index is 0.0216. The van der Waals surface area contributed by atoms with Crippen molar-refractivity contribution in [3.8, 4) is 5.75 Å². The number of nitrogens with zero attached hydrogens (tertiary/aromatic N) is 1. The van der Waals surface area contributed by atoms with Gasteiger partial charge in [-0.3, -0.25) is 10.1 Å². The van der Waals surface area contributed by atoms with Crippen molar-refractivity contribution in [2.75, 3.05) is 12.4 Å². The van der Waals surface area contributed by atoms with E-state index in [1.165, 1.54) is 12.1 Å². The molecular weight excluding hydrogens is 368 g/mol. The number of ether oxygens (including phenoxy) is 1. The van der Waals surface area contributed by atoms with Gasteiger partial charge in [0.05, 0.1) is 24.2 Å². The number of aliphatic hydroxyl groups is 1. The Hall–Kier alpha value is -3.38. The van der Waals surface area contributed by atoms with E-state index in [0.717, 1.165) is 22.4 Å². The molecule has 3 aromatic carbocycles. The zero-order valence-corrected chi connectivity index (χ0v) is 16.4. The molecule has 0 bridgehead atoms. The second-order valence-corrected chi connectivity index (χ2v) is 6.94. The Balaban J connectivity index is 1.85. The number of nitro groups is 1. The van der Waals surface area contributed by atoms with Crippen molar-refractivity contribution < 1.29 is 14.8 Å². The Bertz CT molecular complexity index is 955. The molecule has 3 rings (SSSR count). The molecule has 3 aromatic rings. The number of hydrogen-bond acceptors (Lipinski definition) is 5. The highest BCUT2D eigenvalue weighted by molar-refractivity contribution is 5.52. The van der Waals surface area contributed by atoms with Gasteiger partial charge in [-0.25, -0.2) is 0 Å². The summed E-state index contributed by atoms with van der Waals surface area (Å²) in [5.74, 6) is 0.728. The van der Waals surface area contributed by atoms with Crippen molar-refractivity contribution in [2.24, 2.45) is 0 Å². The Morgan fingerprint density at radius 3 is 2.31 bits per heavy atom. The fraction of sp³-hybridized carbons (Fsp3) is 0.217. The minimum atomic E-state index is -0.710. The van der Waals surface area contributed by atoms with E-state index in [2.05, 4.69) is 5.32 Å². The molecule has 0 saturated carbocycles. The van der Waals surface area contributed by atoms with Gasteiger partial charge in [0.25, 0.3) is 5.69 Å². The number of benzene rings is 3. The SMILES string of the molecule is COc1ccc(C(O)CC(Nc2cccc([N+](=O)[O-])c2)c2ccc(C)cc2)cc1. The average Bonchev–Trinajstić information content (AvgIpc) is 2.74. The van der Waals surface area contributed by atoms with E-state index in [1.54, 1.807) is 19.2 Å². The number of nitrogens with one attached hydrogen (secondary N) is 1. The molecule has 0 fully saturated rings. The van der Waals surface area contributed by atoms with E-state index >= 15 is 0 Å². The van der Waals surface area contributed by atoms with Gasteiger partial charge in [-0.15, -0.1) is 0 Å². The lowest BCUT2D eigenvalue weighted by molar-refractivity contribution is -0.384. The molecule has 0 radical (unpaired) electrons. The van der Waals surface area contributed by atoms with Gasteiger partial charge in [-0.2, -0.15) is 0 Å². The molecule has 0 aromatic heterocycles. The largest absolute Gasteiger partial charge is 0.497 e. The molecule has 0 heterocycles. The highest BCUT2D eigenvalue weighted by Crippen LogP contribution is 2.31. The number of rotatable bonds is 8. The first-order valence-corrected chi connectivity index (χ1v) is 9.36. The van der Waals surface area contributed by atoms with Crippen molar-refractivity contribution in [3.63, 3.8) is 0 Å². The van der Waals surface area contributed by atoms with Gasteiger partial charge in [0.2, 0.25) is 0 Å². The summed E-state index contributed by atoms with van der Waals surface area (Å²) in [5, 5.41) is 25.2. The zero-order chi connectivity index (χ0) is 20.8. The molecule has 6 nitrogen and oxygen atoms in total. The van der Waals surface area contributed by atoms with Crippen molar-refractivity contribution in [3.05, 3.63) is 99.6 Å². The lowest BCUT2D eigenvalue weighted by Gasteiger charge is -2.24. The monoisotopic (exact) mass is 392 g/mol. The van der Waals surface area contributed by atoms with Crippen LogP contribution in [0.5, 0.6) is 5.75 Å². The van der Waals surface area contributed by atoms with E-state index in [0.29, 0.717) is 12.1 Å². The van der Waals surface area contributed by atoms with Crippen molar-refractivity contribution in [1.82, 2.24) is 0 Å². The van der Waals surface area contributed by atoms with Crippen LogP contribution in [0.2, 0.25) is 0 Å². The molecule has 6 heteroatoms. The fourth-order valence-corrected chi connectivity index (χ4v) is 3.17. The number of anilines is 1. The molecule has 0 aliphatic carbocycles. The molecule has 0 spiro atoms. The van der Waals surface area contributed by atoms with Gasteiger partial charge in [0, 0.05) is 24.2 Å². The number of aliphatic hydroxyl groups excluding tert-OH is 1. The van der Waals surface area contributed by atoms with Crippen LogP contribution in [0.3, 0.4) is 0 Å². The van der Waals surface area contributed by atoms with Gasteiger partial charge in [0.1, 0.15) is 5.75 Å². The Morgan fingerprint density at radius 2 is 1.69 bits per heavy atom. The first kappa shape index (κ1) is 20.4. The third kappa shape index (κ3) is 5.33. The van der Waals surface area contributed by atoms with Crippen LogP contribution >= 0.6 is 0 Å². The zero-order valence-electron chi connectivity index (χ0n) is 16.4. The highest BCUT2D eigenvalue weighted by Gasteiger charge is 2.19. The number of hydrogen-bond donors (Lipinski definition) is 2. The van der Waals surface area contributed by atoms with Crippen molar-refractivity contribution in [1.29, 1.82) is 0 Å². The van der Waals surface area contributed by atoms with Crippen LogP contribution in [0, 0.1) is 17.0 Å². The van der Waals surface area contributed by atoms with E-state index in [4.69, 9.17) is 4.74 Å². The van der Waals surface area contributed by atoms with Crippen LogP contribution in [-0.4, -0.2) is 17.1 Å². The summed E-state index contributed by atoms with van der Waals surface area (Å²) in [6.45, 7) is 2.01. The van der Waals surface area contributed by atoms with E-state index in [9.17, 15) is 15.2 Å².